The summed E-state index contributed by atoms with van der Waals surface area (Å²) in [6.07, 6.45) is 0.842. The van der Waals surface area contributed by atoms with Gasteiger partial charge in [0.15, 0.2) is 0 Å². The van der Waals surface area contributed by atoms with E-state index in [1.165, 1.54) is 0 Å². The maximum absolute atomic E-state index is 11.9. The third-order valence-corrected chi connectivity index (χ3v) is 1.37. The quantitative estimate of drug-likeness (QED) is 0.676. The second kappa shape index (κ2) is 4.62. The Hall–Kier alpha value is -1.22. The molecule has 2 N–H and O–H groups in total. The standard InChI is InChI=1S/C9H11FN2/c10-6-9(11)12-7-8-4-2-1-3-5-8/h1-5,7,9H,6,11H2/b12-7+/t9-/m0/s1. The minimum atomic E-state index is -0.731. The first-order chi connectivity index (χ1) is 5.83. The van der Waals surface area contributed by atoms with Crippen LogP contribution in [-0.4, -0.2) is 19.1 Å². The van der Waals surface area contributed by atoms with Crippen LogP contribution in [0.3, 0.4) is 0 Å². The third-order valence-electron chi connectivity index (χ3n) is 1.37. The fourth-order valence-electron chi connectivity index (χ4n) is 0.761. The Bertz CT molecular complexity index is 246. The minimum absolute atomic E-state index is 0.622. The molecule has 0 radical (unpaired) electrons. The molecule has 3 heteroatoms. The third kappa shape index (κ3) is 2.80. The number of aliphatic imine (C=N–C) groups is 1. The van der Waals surface area contributed by atoms with Crippen LogP contribution in [0.4, 0.5) is 4.39 Å². The molecule has 0 aliphatic rings. The number of alkyl halides is 1. The number of nitrogens with two attached hydrogens (primary N) is 1. The van der Waals surface area contributed by atoms with Gasteiger partial charge in [0.1, 0.15) is 12.8 Å². The Labute approximate surface area is 70.9 Å². The molecule has 0 aromatic heterocycles. The van der Waals surface area contributed by atoms with Crippen LogP contribution in [0.5, 0.6) is 0 Å². The second-order valence-corrected chi connectivity index (χ2v) is 2.41. The monoisotopic (exact) mass is 166 g/mol. The van der Waals surface area contributed by atoms with Crippen LogP contribution in [0.1, 0.15) is 5.56 Å². The predicted molar refractivity (Wildman–Crippen MR) is 48.0 cm³/mol. The molecule has 2 nitrogen and oxygen atoms in total. The summed E-state index contributed by atoms with van der Waals surface area (Å²) in [7, 11) is 0. The van der Waals surface area contributed by atoms with E-state index in [0.717, 1.165) is 5.56 Å². The highest BCUT2D eigenvalue weighted by atomic mass is 19.1. The number of nitrogens with zero attached hydrogens (tertiary/aromatic N) is 1. The molecule has 64 valence electrons. The molecule has 1 atom stereocenters. The highest BCUT2D eigenvalue weighted by Gasteiger charge is 1.93. The molecule has 12 heavy (non-hydrogen) atoms. The van der Waals surface area contributed by atoms with E-state index in [9.17, 15) is 4.39 Å². The molecular formula is C9H11FN2. The molecule has 1 rings (SSSR count). The lowest BCUT2D eigenvalue weighted by Gasteiger charge is -1.97. The van der Waals surface area contributed by atoms with Gasteiger partial charge in [0.05, 0.1) is 0 Å². The normalized spacial score (nSPS) is 13.5. The van der Waals surface area contributed by atoms with Crippen LogP contribution in [0.15, 0.2) is 35.3 Å². The van der Waals surface area contributed by atoms with E-state index < -0.39 is 12.8 Å². The van der Waals surface area contributed by atoms with Crippen LogP contribution in [0, 0.1) is 0 Å². The van der Waals surface area contributed by atoms with E-state index in [1.54, 1.807) is 6.21 Å². The van der Waals surface area contributed by atoms with Gasteiger partial charge in [-0.05, 0) is 5.56 Å². The first-order valence-corrected chi connectivity index (χ1v) is 3.72. The average Bonchev–Trinajstić information content (AvgIpc) is 2.16. The summed E-state index contributed by atoms with van der Waals surface area (Å²) in [6.45, 7) is -0.622. The van der Waals surface area contributed by atoms with Crippen molar-refractivity contribution in [3.05, 3.63) is 35.9 Å². The summed E-state index contributed by atoms with van der Waals surface area (Å²) in [5.41, 5.74) is 6.18. The largest absolute Gasteiger partial charge is 0.308 e. The van der Waals surface area contributed by atoms with E-state index in [2.05, 4.69) is 4.99 Å². The number of rotatable bonds is 3. The van der Waals surface area contributed by atoms with Crippen LogP contribution in [0.2, 0.25) is 0 Å². The fraction of sp³-hybridized carbons (Fsp3) is 0.222. The van der Waals surface area contributed by atoms with Gasteiger partial charge in [0.25, 0.3) is 0 Å². The topological polar surface area (TPSA) is 38.4 Å². The molecule has 0 unspecified atom stereocenters. The molecule has 1 aromatic carbocycles. The Morgan fingerprint density at radius 3 is 2.67 bits per heavy atom. The summed E-state index contributed by atoms with van der Waals surface area (Å²) < 4.78 is 11.9. The van der Waals surface area contributed by atoms with Gasteiger partial charge in [-0.25, -0.2) is 4.39 Å². The lowest BCUT2D eigenvalue weighted by atomic mass is 10.2. The van der Waals surface area contributed by atoms with Crippen molar-refractivity contribution in [2.75, 3.05) is 6.67 Å². The number of hydrogen-bond acceptors (Lipinski definition) is 2. The molecule has 0 amide bonds. The maximum Gasteiger partial charge on any atom is 0.126 e. The molecule has 0 fully saturated rings. The minimum Gasteiger partial charge on any atom is -0.308 e. The summed E-state index contributed by atoms with van der Waals surface area (Å²) in [6, 6.07) is 9.46. The van der Waals surface area contributed by atoms with Gasteiger partial charge in [0, 0.05) is 6.21 Å². The Balaban J connectivity index is 2.58. The zero-order chi connectivity index (χ0) is 8.81. The summed E-state index contributed by atoms with van der Waals surface area (Å²) in [5.74, 6) is 0. The van der Waals surface area contributed by atoms with Gasteiger partial charge in [-0.1, -0.05) is 30.3 Å². The fourth-order valence-corrected chi connectivity index (χ4v) is 0.761. The molecule has 0 heterocycles. The Morgan fingerprint density at radius 2 is 2.08 bits per heavy atom. The van der Waals surface area contributed by atoms with E-state index in [0.29, 0.717) is 0 Å². The maximum atomic E-state index is 11.9. The van der Waals surface area contributed by atoms with Gasteiger partial charge in [-0.2, -0.15) is 0 Å². The van der Waals surface area contributed by atoms with Gasteiger partial charge in [-0.15, -0.1) is 0 Å². The number of halogens is 1. The summed E-state index contributed by atoms with van der Waals surface area (Å²) in [5, 5.41) is 0. The van der Waals surface area contributed by atoms with Crippen molar-refractivity contribution in [2.24, 2.45) is 10.7 Å². The average molecular weight is 166 g/mol. The van der Waals surface area contributed by atoms with Crippen molar-refractivity contribution in [3.8, 4) is 0 Å². The SMILES string of the molecule is N[C@H](CF)/N=C/c1ccccc1. The lowest BCUT2D eigenvalue weighted by molar-refractivity contribution is 0.438. The van der Waals surface area contributed by atoms with E-state index in [1.807, 2.05) is 30.3 Å². The first kappa shape index (κ1) is 8.87. The molecule has 0 spiro atoms. The van der Waals surface area contributed by atoms with E-state index in [4.69, 9.17) is 5.73 Å². The van der Waals surface area contributed by atoms with E-state index in [-0.39, 0.29) is 0 Å². The highest BCUT2D eigenvalue weighted by molar-refractivity contribution is 5.79. The van der Waals surface area contributed by atoms with Crippen molar-refractivity contribution < 1.29 is 4.39 Å². The van der Waals surface area contributed by atoms with Crippen LogP contribution < -0.4 is 5.73 Å². The van der Waals surface area contributed by atoms with Crippen molar-refractivity contribution in [1.29, 1.82) is 0 Å². The van der Waals surface area contributed by atoms with Gasteiger partial charge in [0.2, 0.25) is 0 Å². The van der Waals surface area contributed by atoms with Crippen LogP contribution in [0.25, 0.3) is 0 Å². The van der Waals surface area contributed by atoms with Crippen molar-refractivity contribution >= 4 is 6.21 Å². The molecule has 0 saturated heterocycles. The zero-order valence-electron chi connectivity index (χ0n) is 6.65. The summed E-state index contributed by atoms with van der Waals surface area (Å²) >= 11 is 0. The van der Waals surface area contributed by atoms with Gasteiger partial charge in [-0.3, -0.25) is 4.99 Å². The van der Waals surface area contributed by atoms with Crippen molar-refractivity contribution in [2.45, 2.75) is 6.17 Å². The number of hydrogen-bond donors (Lipinski definition) is 1. The molecule has 0 aliphatic heterocycles. The molecule has 0 aliphatic carbocycles. The first-order valence-electron chi connectivity index (χ1n) is 3.72. The molecule has 0 bridgehead atoms. The predicted octanol–water partition coefficient (Wildman–Crippen LogP) is 1.36. The second-order valence-electron chi connectivity index (χ2n) is 2.41. The smallest absolute Gasteiger partial charge is 0.126 e. The Morgan fingerprint density at radius 1 is 1.42 bits per heavy atom. The lowest BCUT2D eigenvalue weighted by Crippen LogP contribution is -2.19. The van der Waals surface area contributed by atoms with Gasteiger partial charge < -0.3 is 5.73 Å². The highest BCUT2D eigenvalue weighted by Crippen LogP contribution is 1.94. The van der Waals surface area contributed by atoms with E-state index >= 15 is 0 Å². The number of benzene rings is 1. The Kier molecular flexibility index (Phi) is 3.41. The van der Waals surface area contributed by atoms with Crippen molar-refractivity contribution in [1.82, 2.24) is 0 Å². The van der Waals surface area contributed by atoms with Crippen LogP contribution >= 0.6 is 0 Å². The summed E-state index contributed by atoms with van der Waals surface area (Å²) in [4.78, 5) is 3.79. The van der Waals surface area contributed by atoms with Gasteiger partial charge >= 0.3 is 0 Å². The molecule has 1 aromatic rings. The van der Waals surface area contributed by atoms with Crippen molar-refractivity contribution in [3.63, 3.8) is 0 Å². The van der Waals surface area contributed by atoms with Crippen LogP contribution in [-0.2, 0) is 0 Å². The molecular weight excluding hydrogens is 155 g/mol. The zero-order valence-corrected chi connectivity index (χ0v) is 6.65. The molecule has 0 saturated carbocycles.